The fourth-order valence-corrected chi connectivity index (χ4v) is 3.20. The molecule has 0 unspecified atom stereocenters. The number of hydrogen-bond acceptors (Lipinski definition) is 3. The maximum Gasteiger partial charge on any atom is 0.324 e. The quantitative estimate of drug-likeness (QED) is 0.760. The Morgan fingerprint density at radius 1 is 1.24 bits per heavy atom. The summed E-state index contributed by atoms with van der Waals surface area (Å²) in [6.45, 7) is 9.29. The molecule has 25 heavy (non-hydrogen) atoms. The summed E-state index contributed by atoms with van der Waals surface area (Å²) in [4.78, 5) is 25.5. The van der Waals surface area contributed by atoms with Gasteiger partial charge in [-0.05, 0) is 36.8 Å². The number of aryl methyl sites for hydroxylation is 1. The molecule has 0 radical (unpaired) electrons. The minimum absolute atomic E-state index is 0.0739. The summed E-state index contributed by atoms with van der Waals surface area (Å²) < 4.78 is 0. The largest absolute Gasteiger partial charge is 0.336 e. The summed E-state index contributed by atoms with van der Waals surface area (Å²) in [6.07, 6.45) is 3.51. The van der Waals surface area contributed by atoms with Crippen LogP contribution in [0, 0.1) is 5.92 Å². The molecule has 2 rings (SSSR count). The van der Waals surface area contributed by atoms with Gasteiger partial charge in [-0.2, -0.15) is 0 Å². The second kappa shape index (κ2) is 8.99. The first-order valence-corrected chi connectivity index (χ1v) is 9.38. The van der Waals surface area contributed by atoms with Crippen LogP contribution in [0.2, 0.25) is 0 Å². The highest BCUT2D eigenvalue weighted by Crippen LogP contribution is 2.23. The fraction of sp³-hybridized carbons (Fsp3) is 0.600. The smallest absolute Gasteiger partial charge is 0.324 e. The van der Waals surface area contributed by atoms with Crippen LogP contribution in [-0.4, -0.2) is 36.0 Å². The van der Waals surface area contributed by atoms with Gasteiger partial charge in [0.15, 0.2) is 0 Å². The van der Waals surface area contributed by atoms with E-state index in [9.17, 15) is 9.59 Å². The van der Waals surface area contributed by atoms with Crippen LogP contribution in [0.15, 0.2) is 24.3 Å². The number of nitrogens with zero attached hydrogens (tertiary/aromatic N) is 1. The maximum atomic E-state index is 12.5. The number of carbonyl (C=O) groups excluding carboxylic acids is 2. The SMILES string of the molecule is CCCCc1ccc([C@H](N[C@H](C)C(=O)N2CCNC2=O)C(C)C)cc1. The average Bonchev–Trinajstić information content (AvgIpc) is 3.03. The molecule has 0 bridgehead atoms. The number of imide groups is 1. The number of hydrogen-bond donors (Lipinski definition) is 2. The molecule has 0 spiro atoms. The molecule has 5 nitrogen and oxygen atoms in total. The summed E-state index contributed by atoms with van der Waals surface area (Å²) in [5, 5.41) is 6.10. The average molecular weight is 345 g/mol. The van der Waals surface area contributed by atoms with E-state index in [2.05, 4.69) is 55.7 Å². The summed E-state index contributed by atoms with van der Waals surface area (Å²) in [7, 11) is 0. The van der Waals surface area contributed by atoms with Gasteiger partial charge in [0.1, 0.15) is 0 Å². The fourth-order valence-electron chi connectivity index (χ4n) is 3.20. The van der Waals surface area contributed by atoms with Gasteiger partial charge in [0.25, 0.3) is 0 Å². The zero-order valence-electron chi connectivity index (χ0n) is 15.8. The zero-order valence-corrected chi connectivity index (χ0v) is 15.8. The van der Waals surface area contributed by atoms with Crippen LogP contribution in [0.25, 0.3) is 0 Å². The van der Waals surface area contributed by atoms with E-state index in [1.807, 2.05) is 6.92 Å². The second-order valence-electron chi connectivity index (χ2n) is 7.18. The molecule has 2 atom stereocenters. The number of carbonyl (C=O) groups is 2. The van der Waals surface area contributed by atoms with Crippen molar-refractivity contribution in [2.75, 3.05) is 13.1 Å². The minimum Gasteiger partial charge on any atom is -0.336 e. The third-order valence-electron chi connectivity index (χ3n) is 4.75. The van der Waals surface area contributed by atoms with Crippen molar-refractivity contribution in [3.05, 3.63) is 35.4 Å². The Morgan fingerprint density at radius 2 is 1.92 bits per heavy atom. The van der Waals surface area contributed by atoms with E-state index in [-0.39, 0.29) is 18.0 Å². The molecule has 0 aromatic heterocycles. The molecule has 1 fully saturated rings. The van der Waals surface area contributed by atoms with Crippen LogP contribution >= 0.6 is 0 Å². The number of nitrogens with one attached hydrogen (secondary N) is 2. The van der Waals surface area contributed by atoms with Crippen LogP contribution in [0.4, 0.5) is 4.79 Å². The highest BCUT2D eigenvalue weighted by molar-refractivity contribution is 5.98. The van der Waals surface area contributed by atoms with Gasteiger partial charge >= 0.3 is 6.03 Å². The van der Waals surface area contributed by atoms with E-state index < -0.39 is 6.04 Å². The Morgan fingerprint density at radius 3 is 2.44 bits per heavy atom. The first-order valence-electron chi connectivity index (χ1n) is 9.38. The molecular weight excluding hydrogens is 314 g/mol. The zero-order chi connectivity index (χ0) is 18.4. The van der Waals surface area contributed by atoms with E-state index >= 15 is 0 Å². The number of benzene rings is 1. The number of unbranched alkanes of at least 4 members (excludes halogenated alkanes) is 1. The van der Waals surface area contributed by atoms with Crippen LogP contribution < -0.4 is 10.6 Å². The lowest BCUT2D eigenvalue weighted by molar-refractivity contribution is -0.129. The number of urea groups is 1. The highest BCUT2D eigenvalue weighted by Gasteiger charge is 2.31. The topological polar surface area (TPSA) is 61.4 Å². The lowest BCUT2D eigenvalue weighted by Gasteiger charge is -2.28. The molecule has 2 N–H and O–H groups in total. The number of amides is 3. The van der Waals surface area contributed by atoms with Gasteiger partial charge < -0.3 is 5.32 Å². The molecule has 1 aromatic rings. The third kappa shape index (κ3) is 5.05. The van der Waals surface area contributed by atoms with Gasteiger partial charge in [-0.1, -0.05) is 51.5 Å². The molecule has 3 amide bonds. The van der Waals surface area contributed by atoms with Crippen molar-refractivity contribution >= 4 is 11.9 Å². The Kier molecular flexibility index (Phi) is 7.00. The van der Waals surface area contributed by atoms with Crippen molar-refractivity contribution in [2.45, 2.75) is 59.0 Å². The predicted octanol–water partition coefficient (Wildman–Crippen LogP) is 3.26. The first-order chi connectivity index (χ1) is 11.9. The van der Waals surface area contributed by atoms with E-state index in [1.165, 1.54) is 28.9 Å². The van der Waals surface area contributed by atoms with Crippen molar-refractivity contribution in [3.63, 3.8) is 0 Å². The normalized spacial score (nSPS) is 16.8. The maximum absolute atomic E-state index is 12.5. The summed E-state index contributed by atoms with van der Waals surface area (Å²) in [5.41, 5.74) is 2.53. The van der Waals surface area contributed by atoms with Crippen molar-refractivity contribution in [1.29, 1.82) is 0 Å². The Hall–Kier alpha value is -1.88. The van der Waals surface area contributed by atoms with Gasteiger partial charge in [-0.3, -0.25) is 15.0 Å². The van der Waals surface area contributed by atoms with Crippen LogP contribution in [0.5, 0.6) is 0 Å². The summed E-state index contributed by atoms with van der Waals surface area (Å²) in [6, 6.07) is 8.05. The lowest BCUT2D eigenvalue weighted by atomic mass is 9.93. The van der Waals surface area contributed by atoms with Gasteiger partial charge in [0.2, 0.25) is 5.91 Å². The van der Waals surface area contributed by atoms with Gasteiger partial charge in [0, 0.05) is 19.1 Å². The molecule has 1 aliphatic rings. The van der Waals surface area contributed by atoms with E-state index in [4.69, 9.17) is 0 Å². The van der Waals surface area contributed by atoms with E-state index in [1.54, 1.807) is 0 Å². The lowest BCUT2D eigenvalue weighted by Crippen LogP contribution is -2.47. The number of rotatable bonds is 8. The molecule has 1 heterocycles. The van der Waals surface area contributed by atoms with Crippen LogP contribution in [0.3, 0.4) is 0 Å². The second-order valence-corrected chi connectivity index (χ2v) is 7.18. The molecule has 138 valence electrons. The molecule has 0 saturated carbocycles. The Labute approximate surface area is 151 Å². The molecule has 5 heteroatoms. The third-order valence-corrected chi connectivity index (χ3v) is 4.75. The molecule has 1 saturated heterocycles. The molecule has 0 aliphatic carbocycles. The monoisotopic (exact) mass is 345 g/mol. The van der Waals surface area contributed by atoms with Crippen molar-refractivity contribution in [2.24, 2.45) is 5.92 Å². The van der Waals surface area contributed by atoms with Crippen molar-refractivity contribution in [3.8, 4) is 0 Å². The van der Waals surface area contributed by atoms with E-state index in [0.717, 1.165) is 6.42 Å². The Balaban J connectivity index is 2.04. The standard InChI is InChI=1S/C20H31N3O2/c1-5-6-7-16-8-10-17(11-9-16)18(14(2)3)22-15(4)19(24)23-13-12-21-20(23)25/h8-11,14-15,18,22H,5-7,12-13H2,1-4H3,(H,21,25)/t15-,18-/m1/s1. The van der Waals surface area contributed by atoms with Gasteiger partial charge in [-0.15, -0.1) is 0 Å². The van der Waals surface area contributed by atoms with Crippen LogP contribution in [-0.2, 0) is 11.2 Å². The van der Waals surface area contributed by atoms with Crippen molar-refractivity contribution in [1.82, 2.24) is 15.5 Å². The highest BCUT2D eigenvalue weighted by atomic mass is 16.2. The van der Waals surface area contributed by atoms with E-state index in [0.29, 0.717) is 19.0 Å². The molecule has 1 aromatic carbocycles. The minimum atomic E-state index is -0.406. The van der Waals surface area contributed by atoms with Gasteiger partial charge in [0.05, 0.1) is 6.04 Å². The summed E-state index contributed by atoms with van der Waals surface area (Å²) in [5.74, 6) is 0.171. The predicted molar refractivity (Wildman–Crippen MR) is 100 cm³/mol. The van der Waals surface area contributed by atoms with Crippen LogP contribution in [0.1, 0.15) is 57.7 Å². The Bertz CT molecular complexity index is 583. The van der Waals surface area contributed by atoms with Gasteiger partial charge in [-0.25, -0.2) is 4.79 Å². The molecular formula is C20H31N3O2. The first kappa shape index (κ1) is 19.4. The summed E-state index contributed by atoms with van der Waals surface area (Å²) >= 11 is 0. The molecule has 1 aliphatic heterocycles. The van der Waals surface area contributed by atoms with Crippen molar-refractivity contribution < 1.29 is 9.59 Å².